The molecule has 0 bridgehead atoms. The van der Waals surface area contributed by atoms with Gasteiger partial charge in [0.2, 0.25) is 0 Å². The van der Waals surface area contributed by atoms with Crippen LogP contribution in [0.4, 0.5) is 0 Å². The van der Waals surface area contributed by atoms with E-state index in [2.05, 4.69) is 13.0 Å². The normalized spacial score (nSPS) is 10.5. The molecule has 2 aromatic carbocycles. The molecule has 15 heavy (non-hydrogen) atoms. The molecule has 0 aliphatic heterocycles. The minimum Gasteiger partial charge on any atom is -0.293 e. The van der Waals surface area contributed by atoms with Gasteiger partial charge in [0.1, 0.15) is 0 Å². The molecule has 0 spiro atoms. The zero-order valence-corrected chi connectivity index (χ0v) is 9.21. The molecule has 0 aliphatic rings. The third-order valence-electron chi connectivity index (χ3n) is 2.44. The Hall–Kier alpha value is -1.34. The van der Waals surface area contributed by atoms with Gasteiger partial charge in [-0.1, -0.05) is 35.9 Å². The van der Waals surface area contributed by atoms with Crippen LogP contribution in [0.15, 0.2) is 36.4 Å². The maximum atomic E-state index is 11.4. The molecule has 0 unspecified atom stereocenters. The number of fused-ring (bicyclic) bond motifs is 1. The van der Waals surface area contributed by atoms with Crippen molar-refractivity contribution in [2.45, 2.75) is 6.92 Å². The van der Waals surface area contributed by atoms with Gasteiger partial charge >= 0.3 is 0 Å². The van der Waals surface area contributed by atoms with Crippen LogP contribution in [0.5, 0.6) is 0 Å². The van der Waals surface area contributed by atoms with E-state index >= 15 is 0 Å². The van der Waals surface area contributed by atoms with Crippen molar-refractivity contribution in [3.63, 3.8) is 0 Å². The number of aryl methyl sites for hydroxylation is 1. The lowest BCUT2D eigenvalue weighted by molar-refractivity contribution is 0.102. The van der Waals surface area contributed by atoms with Gasteiger partial charge in [-0.2, -0.15) is 0 Å². The summed E-state index contributed by atoms with van der Waals surface area (Å²) in [4.78, 5) is 11.4. The first-order valence-corrected chi connectivity index (χ1v) is 5.34. The summed E-state index contributed by atoms with van der Waals surface area (Å²) in [5.41, 5.74) is 1.90. The Morgan fingerprint density at radius 2 is 1.80 bits per heavy atom. The van der Waals surface area contributed by atoms with Gasteiger partial charge in [0.25, 0.3) is 0 Å². The molecule has 0 saturated carbocycles. The fourth-order valence-electron chi connectivity index (χ4n) is 1.62. The van der Waals surface area contributed by atoms with E-state index in [9.17, 15) is 4.79 Å². The van der Waals surface area contributed by atoms with Crippen LogP contribution < -0.4 is 0 Å². The van der Waals surface area contributed by atoms with Crippen LogP contribution in [0, 0.1) is 6.92 Å². The SMILES string of the molecule is Cc1ccc2cc(C(=O)CCl)ccc2c1. The number of hydrogen-bond acceptors (Lipinski definition) is 1. The first kappa shape index (κ1) is 10.2. The summed E-state index contributed by atoms with van der Waals surface area (Å²) in [5, 5.41) is 2.23. The smallest absolute Gasteiger partial charge is 0.177 e. The molecular formula is C13H11ClO. The van der Waals surface area contributed by atoms with Crippen molar-refractivity contribution in [1.29, 1.82) is 0 Å². The van der Waals surface area contributed by atoms with E-state index in [1.807, 2.05) is 30.3 Å². The predicted molar refractivity (Wildman–Crippen MR) is 63.7 cm³/mol. The minimum absolute atomic E-state index is 0.0286. The van der Waals surface area contributed by atoms with Crippen LogP contribution in [0.3, 0.4) is 0 Å². The molecule has 76 valence electrons. The van der Waals surface area contributed by atoms with E-state index in [1.165, 1.54) is 5.56 Å². The van der Waals surface area contributed by atoms with Gasteiger partial charge in [0, 0.05) is 5.56 Å². The van der Waals surface area contributed by atoms with E-state index in [-0.39, 0.29) is 11.7 Å². The summed E-state index contributed by atoms with van der Waals surface area (Å²) in [7, 11) is 0. The van der Waals surface area contributed by atoms with E-state index < -0.39 is 0 Å². The highest BCUT2D eigenvalue weighted by atomic mass is 35.5. The van der Waals surface area contributed by atoms with Gasteiger partial charge in [-0.3, -0.25) is 4.79 Å². The number of hydrogen-bond donors (Lipinski definition) is 0. The molecule has 1 nitrogen and oxygen atoms in total. The fraction of sp³-hybridized carbons (Fsp3) is 0.154. The van der Waals surface area contributed by atoms with Crippen LogP contribution in [-0.4, -0.2) is 11.7 Å². The summed E-state index contributed by atoms with van der Waals surface area (Å²) in [6.45, 7) is 2.05. The number of carbonyl (C=O) groups excluding carboxylic acids is 1. The Labute approximate surface area is 93.7 Å². The Morgan fingerprint density at radius 3 is 2.53 bits per heavy atom. The van der Waals surface area contributed by atoms with E-state index in [4.69, 9.17) is 11.6 Å². The molecule has 0 aliphatic carbocycles. The average molecular weight is 219 g/mol. The first-order valence-electron chi connectivity index (χ1n) is 4.80. The zero-order chi connectivity index (χ0) is 10.8. The molecule has 0 heterocycles. The van der Waals surface area contributed by atoms with Gasteiger partial charge in [-0.25, -0.2) is 0 Å². The van der Waals surface area contributed by atoms with E-state index in [0.717, 1.165) is 10.8 Å². The molecule has 0 amide bonds. The van der Waals surface area contributed by atoms with Gasteiger partial charge in [0.05, 0.1) is 5.88 Å². The van der Waals surface area contributed by atoms with Gasteiger partial charge in [-0.15, -0.1) is 11.6 Å². The van der Waals surface area contributed by atoms with Crippen molar-refractivity contribution in [1.82, 2.24) is 0 Å². The van der Waals surface area contributed by atoms with Crippen molar-refractivity contribution in [3.8, 4) is 0 Å². The third-order valence-corrected chi connectivity index (χ3v) is 2.68. The Bertz CT molecular complexity index is 517. The van der Waals surface area contributed by atoms with Gasteiger partial charge in [0.15, 0.2) is 5.78 Å². The molecule has 0 radical (unpaired) electrons. The lowest BCUT2D eigenvalue weighted by Gasteiger charge is -2.02. The first-order chi connectivity index (χ1) is 7.20. The average Bonchev–Trinajstić information content (AvgIpc) is 2.27. The largest absolute Gasteiger partial charge is 0.293 e. The molecule has 0 saturated heterocycles. The highest BCUT2D eigenvalue weighted by Crippen LogP contribution is 2.18. The zero-order valence-electron chi connectivity index (χ0n) is 8.46. The van der Waals surface area contributed by atoms with E-state index in [1.54, 1.807) is 0 Å². The third kappa shape index (κ3) is 2.02. The summed E-state index contributed by atoms with van der Waals surface area (Å²) < 4.78 is 0. The van der Waals surface area contributed by atoms with Gasteiger partial charge < -0.3 is 0 Å². The molecule has 0 fully saturated rings. The highest BCUT2D eigenvalue weighted by Gasteiger charge is 2.04. The summed E-state index contributed by atoms with van der Waals surface area (Å²) in [6.07, 6.45) is 0. The lowest BCUT2D eigenvalue weighted by atomic mass is 10.0. The lowest BCUT2D eigenvalue weighted by Crippen LogP contribution is -1.99. The number of ketones is 1. The quantitative estimate of drug-likeness (QED) is 0.556. The number of Topliss-reactive ketones (excluding diaryl/α,β-unsaturated/α-hetero) is 1. The number of alkyl halides is 1. The summed E-state index contributed by atoms with van der Waals surface area (Å²) >= 11 is 5.51. The summed E-state index contributed by atoms with van der Waals surface area (Å²) in [6, 6.07) is 11.8. The molecule has 0 aromatic heterocycles. The van der Waals surface area contributed by atoms with Crippen LogP contribution in [-0.2, 0) is 0 Å². The maximum absolute atomic E-state index is 11.4. The molecule has 2 heteroatoms. The number of carbonyl (C=O) groups is 1. The van der Waals surface area contributed by atoms with Crippen molar-refractivity contribution in [3.05, 3.63) is 47.5 Å². The second-order valence-electron chi connectivity index (χ2n) is 3.62. The van der Waals surface area contributed by atoms with Crippen LogP contribution in [0.25, 0.3) is 10.8 Å². The molecule has 0 N–H and O–H groups in total. The molecule has 0 atom stereocenters. The number of rotatable bonds is 2. The minimum atomic E-state index is -0.0286. The number of halogens is 1. The van der Waals surface area contributed by atoms with Crippen molar-refractivity contribution >= 4 is 28.2 Å². The van der Waals surface area contributed by atoms with Crippen molar-refractivity contribution < 1.29 is 4.79 Å². The Balaban J connectivity index is 2.57. The summed E-state index contributed by atoms with van der Waals surface area (Å²) in [5.74, 6) is 0.0105. The molecule has 2 rings (SSSR count). The second-order valence-corrected chi connectivity index (χ2v) is 3.89. The predicted octanol–water partition coefficient (Wildman–Crippen LogP) is 3.57. The monoisotopic (exact) mass is 218 g/mol. The fourth-order valence-corrected chi connectivity index (χ4v) is 1.77. The Morgan fingerprint density at radius 1 is 1.13 bits per heavy atom. The van der Waals surface area contributed by atoms with Crippen LogP contribution >= 0.6 is 11.6 Å². The van der Waals surface area contributed by atoms with Crippen LogP contribution in [0.1, 0.15) is 15.9 Å². The standard InChI is InChI=1S/C13H11ClO/c1-9-2-3-11-7-12(13(15)8-14)5-4-10(11)6-9/h2-7H,8H2,1H3. The topological polar surface area (TPSA) is 17.1 Å². The maximum Gasteiger partial charge on any atom is 0.177 e. The van der Waals surface area contributed by atoms with Crippen LogP contribution in [0.2, 0.25) is 0 Å². The molecular weight excluding hydrogens is 208 g/mol. The number of benzene rings is 2. The Kier molecular flexibility index (Phi) is 2.74. The molecule has 2 aromatic rings. The van der Waals surface area contributed by atoms with Crippen molar-refractivity contribution in [2.24, 2.45) is 0 Å². The van der Waals surface area contributed by atoms with Crippen molar-refractivity contribution in [2.75, 3.05) is 5.88 Å². The highest BCUT2D eigenvalue weighted by molar-refractivity contribution is 6.30. The van der Waals surface area contributed by atoms with E-state index in [0.29, 0.717) is 5.56 Å². The second kappa shape index (κ2) is 4.03. The van der Waals surface area contributed by atoms with Gasteiger partial charge in [-0.05, 0) is 23.8 Å².